The highest BCUT2D eigenvalue weighted by atomic mass is 31.1. The smallest absolute Gasteiger partial charge is 0.178 e. The van der Waals surface area contributed by atoms with Gasteiger partial charge in [-0.1, -0.05) is 51.9 Å². The van der Waals surface area contributed by atoms with Gasteiger partial charge in [-0.2, -0.15) is 5.10 Å². The Morgan fingerprint density at radius 1 is 0.962 bits per heavy atom. The number of aliphatic hydroxyl groups excluding tert-OH is 1. The third-order valence-corrected chi connectivity index (χ3v) is 4.92. The van der Waals surface area contributed by atoms with Crippen molar-refractivity contribution in [2.45, 2.75) is 96.5 Å². The van der Waals surface area contributed by atoms with Gasteiger partial charge in [0.25, 0.3) is 0 Å². The van der Waals surface area contributed by atoms with Gasteiger partial charge in [-0.15, -0.1) is 0 Å². The molecule has 0 aliphatic carbocycles. The summed E-state index contributed by atoms with van der Waals surface area (Å²) >= 11 is 0. The second-order valence-electron chi connectivity index (χ2n) is 6.79. The van der Waals surface area contributed by atoms with Crippen LogP contribution in [0.2, 0.25) is 0 Å². The third kappa shape index (κ3) is 14.1. The maximum Gasteiger partial charge on any atom is 0.178 e. The molecule has 0 bridgehead atoms. The van der Waals surface area contributed by atoms with E-state index >= 15 is 0 Å². The van der Waals surface area contributed by atoms with Crippen molar-refractivity contribution >= 4 is 25.7 Å². The van der Waals surface area contributed by atoms with E-state index in [0.29, 0.717) is 25.0 Å². The van der Waals surface area contributed by atoms with E-state index < -0.39 is 6.10 Å². The van der Waals surface area contributed by atoms with Crippen molar-refractivity contribution in [1.29, 1.82) is 0 Å². The Balaban J connectivity index is 3.83. The molecule has 0 spiro atoms. The van der Waals surface area contributed by atoms with Crippen LogP contribution in [0.4, 0.5) is 0 Å². The molecule has 3 N–H and O–H groups in total. The zero-order valence-corrected chi connectivity index (χ0v) is 17.0. The van der Waals surface area contributed by atoms with Crippen molar-refractivity contribution in [3.05, 3.63) is 0 Å². The summed E-state index contributed by atoms with van der Waals surface area (Å²) in [5.41, 5.74) is 0.347. The van der Waals surface area contributed by atoms with Crippen LogP contribution in [0.25, 0.3) is 0 Å². The van der Waals surface area contributed by atoms with Gasteiger partial charge in [0.15, 0.2) is 14.2 Å². The fourth-order valence-electron chi connectivity index (χ4n) is 2.81. The maximum atomic E-state index is 12.1. The molecule has 0 aromatic carbocycles. The van der Waals surface area contributed by atoms with E-state index in [2.05, 4.69) is 12.0 Å². The number of hydrazone groups is 1. The average molecular weight is 386 g/mol. The number of ketones is 2. The summed E-state index contributed by atoms with van der Waals surface area (Å²) in [5, 5.41) is 13.0. The summed E-state index contributed by atoms with van der Waals surface area (Å²) in [5.74, 6) is 5.18. The number of carbonyl (C=O) groups excluding carboxylic acids is 2. The lowest BCUT2D eigenvalue weighted by Gasteiger charge is -2.07. The second-order valence-corrected chi connectivity index (χ2v) is 7.41. The molecule has 0 heterocycles. The standard InChI is InChI=1S/C19H35N2O4P/c1-2-3-4-5-6-7-8-9-13-19(24)18(21-20)12-10-11-16(22)14-17(23)15-26-25/h17,23H,2-15,20H2,1H3. The predicted octanol–water partition coefficient (Wildman–Crippen LogP) is 4.18. The number of hydrogen-bond acceptors (Lipinski definition) is 6. The Labute approximate surface area is 159 Å². The van der Waals surface area contributed by atoms with Crippen LogP contribution >= 0.6 is 8.46 Å². The maximum absolute atomic E-state index is 12.1. The number of nitrogens with two attached hydrogens (primary N) is 1. The van der Waals surface area contributed by atoms with Crippen LogP contribution in [0.15, 0.2) is 5.10 Å². The molecule has 0 saturated carbocycles. The van der Waals surface area contributed by atoms with E-state index in [1.807, 2.05) is 0 Å². The van der Waals surface area contributed by atoms with E-state index in [1.54, 1.807) is 0 Å². The molecule has 150 valence electrons. The number of rotatable bonds is 18. The van der Waals surface area contributed by atoms with Crippen molar-refractivity contribution in [2.24, 2.45) is 10.9 Å². The van der Waals surface area contributed by atoms with E-state index in [9.17, 15) is 19.3 Å². The number of hydrogen-bond donors (Lipinski definition) is 2. The van der Waals surface area contributed by atoms with Gasteiger partial charge in [0, 0.05) is 19.3 Å². The monoisotopic (exact) mass is 386 g/mol. The van der Waals surface area contributed by atoms with Gasteiger partial charge in [-0.25, -0.2) is 0 Å². The van der Waals surface area contributed by atoms with Crippen molar-refractivity contribution < 1.29 is 19.3 Å². The first kappa shape index (κ1) is 24.9. The number of Topliss-reactive ketones (excluding diaryl/α,β-unsaturated/α-hetero) is 2. The van der Waals surface area contributed by atoms with Crippen LogP contribution in [-0.2, 0) is 14.2 Å². The van der Waals surface area contributed by atoms with E-state index in [4.69, 9.17) is 5.84 Å². The zero-order chi connectivity index (χ0) is 19.6. The first-order valence-electron chi connectivity index (χ1n) is 9.83. The van der Waals surface area contributed by atoms with Gasteiger partial charge in [0.05, 0.1) is 12.3 Å². The molecule has 0 rings (SSSR count). The molecular formula is C19H35N2O4P. The number of carbonyl (C=O) groups is 2. The van der Waals surface area contributed by atoms with Crippen LogP contribution in [0.3, 0.4) is 0 Å². The topological polar surface area (TPSA) is 110 Å². The Hall–Kier alpha value is -1.13. The van der Waals surface area contributed by atoms with E-state index in [0.717, 1.165) is 19.3 Å². The van der Waals surface area contributed by atoms with Crippen molar-refractivity contribution in [3.8, 4) is 0 Å². The molecule has 26 heavy (non-hydrogen) atoms. The molecule has 1 atom stereocenters. The highest BCUT2D eigenvalue weighted by Gasteiger charge is 2.14. The fraction of sp³-hybridized carbons (Fsp3) is 0.842. The largest absolute Gasteiger partial charge is 0.392 e. The van der Waals surface area contributed by atoms with Crippen molar-refractivity contribution in [3.63, 3.8) is 0 Å². The van der Waals surface area contributed by atoms with Crippen molar-refractivity contribution in [2.75, 3.05) is 6.16 Å². The van der Waals surface area contributed by atoms with Crippen LogP contribution in [0, 0.1) is 0 Å². The zero-order valence-electron chi connectivity index (χ0n) is 16.1. The number of aliphatic hydroxyl groups is 1. The van der Waals surface area contributed by atoms with Gasteiger partial charge in [-0.05, 0) is 19.3 Å². The molecule has 0 amide bonds. The Kier molecular flexibility index (Phi) is 16.5. The lowest BCUT2D eigenvalue weighted by atomic mass is 10.0. The molecule has 0 aliphatic heterocycles. The van der Waals surface area contributed by atoms with Gasteiger partial charge in [0.2, 0.25) is 0 Å². The lowest BCUT2D eigenvalue weighted by molar-refractivity contribution is -0.120. The summed E-state index contributed by atoms with van der Waals surface area (Å²) in [4.78, 5) is 23.8. The average Bonchev–Trinajstić information content (AvgIpc) is 2.61. The van der Waals surface area contributed by atoms with Crippen LogP contribution < -0.4 is 5.84 Å². The summed E-state index contributed by atoms with van der Waals surface area (Å²) < 4.78 is 10.4. The first-order valence-corrected chi connectivity index (χ1v) is 10.8. The Morgan fingerprint density at radius 3 is 2.15 bits per heavy atom. The van der Waals surface area contributed by atoms with Crippen LogP contribution in [0.1, 0.15) is 90.4 Å². The minimum atomic E-state index is -0.868. The van der Waals surface area contributed by atoms with Crippen LogP contribution in [0.5, 0.6) is 0 Å². The third-order valence-electron chi connectivity index (χ3n) is 4.35. The molecular weight excluding hydrogens is 351 g/mol. The highest BCUT2D eigenvalue weighted by molar-refractivity contribution is 7.23. The van der Waals surface area contributed by atoms with Gasteiger partial charge in [-0.3, -0.25) is 14.2 Å². The quantitative estimate of drug-likeness (QED) is 0.121. The fourth-order valence-corrected chi connectivity index (χ4v) is 3.11. The minimum Gasteiger partial charge on any atom is -0.392 e. The molecule has 6 nitrogen and oxygen atoms in total. The molecule has 0 aliphatic rings. The molecule has 7 heteroatoms. The van der Waals surface area contributed by atoms with E-state index in [1.165, 1.54) is 32.1 Å². The molecule has 0 aromatic rings. The molecule has 1 unspecified atom stereocenters. The summed E-state index contributed by atoms with van der Waals surface area (Å²) in [6, 6.07) is 0. The van der Waals surface area contributed by atoms with Gasteiger partial charge < -0.3 is 10.9 Å². The summed E-state index contributed by atoms with van der Waals surface area (Å²) in [6.07, 6.45) is 10.2. The summed E-state index contributed by atoms with van der Waals surface area (Å²) in [6.45, 7) is 2.20. The first-order chi connectivity index (χ1) is 12.5. The molecule has 0 saturated heterocycles. The molecule has 0 fully saturated rings. The second kappa shape index (κ2) is 17.3. The van der Waals surface area contributed by atoms with Gasteiger partial charge in [0.1, 0.15) is 11.5 Å². The SMILES string of the molecule is CCCCCCCCCCC(=O)C(CCCC(=O)CC(O)CP=O)=NN. The van der Waals surface area contributed by atoms with Crippen molar-refractivity contribution in [1.82, 2.24) is 0 Å². The predicted molar refractivity (Wildman–Crippen MR) is 106 cm³/mol. The highest BCUT2D eigenvalue weighted by Crippen LogP contribution is 2.11. The molecule has 0 aromatic heterocycles. The number of unbranched alkanes of at least 4 members (excludes halogenated alkanes) is 7. The van der Waals surface area contributed by atoms with Crippen LogP contribution in [-0.4, -0.2) is 34.7 Å². The number of nitrogens with zero attached hydrogens (tertiary/aromatic N) is 1. The van der Waals surface area contributed by atoms with Gasteiger partial charge >= 0.3 is 0 Å². The minimum absolute atomic E-state index is 0.00343. The Bertz CT molecular complexity index is 441. The normalized spacial score (nSPS) is 13.1. The summed E-state index contributed by atoms with van der Waals surface area (Å²) in [7, 11) is -0.165. The lowest BCUT2D eigenvalue weighted by Crippen LogP contribution is -2.18. The Morgan fingerprint density at radius 2 is 1.58 bits per heavy atom. The molecule has 0 radical (unpaired) electrons. The van der Waals surface area contributed by atoms with E-state index in [-0.39, 0.29) is 39.0 Å².